The number of phenolic OH excluding ortho intramolecular Hbond substituents is 1. The minimum Gasteiger partial charge on any atom is -0.508 e. The SMILES string of the molecule is O=C(NCc1cc2ccccc2s1)Nc1cccc2ccc(O)cc12. The Morgan fingerprint density at radius 1 is 0.960 bits per heavy atom. The summed E-state index contributed by atoms with van der Waals surface area (Å²) in [4.78, 5) is 13.4. The van der Waals surface area contributed by atoms with E-state index in [-0.39, 0.29) is 11.8 Å². The number of urea groups is 1. The minimum absolute atomic E-state index is 0.174. The summed E-state index contributed by atoms with van der Waals surface area (Å²) in [7, 11) is 0. The van der Waals surface area contributed by atoms with Crippen molar-refractivity contribution in [1.82, 2.24) is 5.32 Å². The number of carbonyl (C=O) groups is 1. The molecule has 4 rings (SSSR count). The van der Waals surface area contributed by atoms with Gasteiger partial charge in [-0.3, -0.25) is 0 Å². The number of carbonyl (C=O) groups excluding carboxylic acids is 1. The summed E-state index contributed by atoms with van der Waals surface area (Å²) in [6.45, 7) is 0.473. The van der Waals surface area contributed by atoms with E-state index in [9.17, 15) is 9.90 Å². The standard InChI is InChI=1S/C20H16N2O2S/c23-15-9-8-13-5-3-6-18(17(13)11-15)22-20(24)21-12-16-10-14-4-1-2-7-19(14)25-16/h1-11,23H,12H2,(H2,21,22,24). The number of thiophene rings is 1. The molecule has 0 saturated carbocycles. The van der Waals surface area contributed by atoms with E-state index >= 15 is 0 Å². The number of aromatic hydroxyl groups is 1. The Morgan fingerprint density at radius 3 is 2.68 bits per heavy atom. The van der Waals surface area contributed by atoms with Gasteiger partial charge in [0.1, 0.15) is 5.75 Å². The maximum absolute atomic E-state index is 12.2. The van der Waals surface area contributed by atoms with Gasteiger partial charge < -0.3 is 15.7 Å². The molecule has 0 unspecified atom stereocenters. The van der Waals surface area contributed by atoms with Crippen LogP contribution >= 0.6 is 11.3 Å². The van der Waals surface area contributed by atoms with Gasteiger partial charge in [0.25, 0.3) is 0 Å². The summed E-state index contributed by atoms with van der Waals surface area (Å²) < 4.78 is 1.21. The van der Waals surface area contributed by atoms with E-state index in [1.165, 1.54) is 10.1 Å². The monoisotopic (exact) mass is 348 g/mol. The van der Waals surface area contributed by atoms with Crippen LogP contribution in [-0.2, 0) is 6.54 Å². The van der Waals surface area contributed by atoms with Gasteiger partial charge in [-0.05, 0) is 41.1 Å². The topological polar surface area (TPSA) is 61.4 Å². The van der Waals surface area contributed by atoms with Gasteiger partial charge in [0.05, 0.1) is 12.2 Å². The number of hydrogen-bond donors (Lipinski definition) is 3. The van der Waals surface area contributed by atoms with Crippen LogP contribution in [0.5, 0.6) is 5.75 Å². The number of rotatable bonds is 3. The van der Waals surface area contributed by atoms with Crippen molar-refractivity contribution < 1.29 is 9.90 Å². The minimum atomic E-state index is -0.270. The fraction of sp³-hybridized carbons (Fsp3) is 0.0500. The quantitative estimate of drug-likeness (QED) is 0.483. The Balaban J connectivity index is 1.48. The van der Waals surface area contributed by atoms with Gasteiger partial charge in [-0.1, -0.05) is 36.4 Å². The van der Waals surface area contributed by atoms with Crippen molar-refractivity contribution in [2.75, 3.05) is 5.32 Å². The number of nitrogens with one attached hydrogen (secondary N) is 2. The molecule has 0 aliphatic carbocycles. The highest BCUT2D eigenvalue weighted by Crippen LogP contribution is 2.27. The molecule has 0 saturated heterocycles. The van der Waals surface area contributed by atoms with Crippen molar-refractivity contribution in [3.63, 3.8) is 0 Å². The molecule has 3 N–H and O–H groups in total. The average Bonchev–Trinajstić information content (AvgIpc) is 3.03. The van der Waals surface area contributed by atoms with Gasteiger partial charge in [-0.2, -0.15) is 0 Å². The molecule has 0 aliphatic heterocycles. The molecule has 0 atom stereocenters. The van der Waals surface area contributed by atoms with Gasteiger partial charge in [-0.15, -0.1) is 11.3 Å². The third-order valence-electron chi connectivity index (χ3n) is 4.01. The fourth-order valence-corrected chi connectivity index (χ4v) is 3.83. The molecule has 4 nitrogen and oxygen atoms in total. The van der Waals surface area contributed by atoms with Crippen LogP contribution in [0.25, 0.3) is 20.9 Å². The van der Waals surface area contributed by atoms with E-state index in [4.69, 9.17) is 0 Å². The molecule has 25 heavy (non-hydrogen) atoms. The molecule has 0 fully saturated rings. The lowest BCUT2D eigenvalue weighted by molar-refractivity contribution is 0.252. The van der Waals surface area contributed by atoms with Crippen molar-refractivity contribution in [3.05, 3.63) is 71.6 Å². The van der Waals surface area contributed by atoms with E-state index in [2.05, 4.69) is 28.8 Å². The van der Waals surface area contributed by atoms with Crippen LogP contribution in [0.3, 0.4) is 0 Å². The maximum Gasteiger partial charge on any atom is 0.319 e. The van der Waals surface area contributed by atoms with E-state index in [0.717, 1.165) is 15.6 Å². The third kappa shape index (κ3) is 3.27. The summed E-state index contributed by atoms with van der Waals surface area (Å²) in [6, 6.07) is 20.7. The summed E-state index contributed by atoms with van der Waals surface area (Å²) >= 11 is 1.67. The zero-order chi connectivity index (χ0) is 17.2. The van der Waals surface area contributed by atoms with Gasteiger partial charge in [0, 0.05) is 15.0 Å². The van der Waals surface area contributed by atoms with Crippen molar-refractivity contribution in [3.8, 4) is 5.75 Å². The number of benzene rings is 3. The Kier molecular flexibility index (Phi) is 3.99. The largest absolute Gasteiger partial charge is 0.508 e. The van der Waals surface area contributed by atoms with Gasteiger partial charge >= 0.3 is 6.03 Å². The Labute approximate surface area is 148 Å². The van der Waals surface area contributed by atoms with Crippen LogP contribution in [0.2, 0.25) is 0 Å². The molecule has 0 bridgehead atoms. The predicted octanol–water partition coefficient (Wildman–Crippen LogP) is 5.08. The van der Waals surface area contributed by atoms with Gasteiger partial charge in [-0.25, -0.2) is 4.79 Å². The van der Waals surface area contributed by atoms with Crippen LogP contribution in [0.15, 0.2) is 66.7 Å². The Bertz CT molecular complexity index is 1040. The van der Waals surface area contributed by atoms with Gasteiger partial charge in [0.15, 0.2) is 0 Å². The van der Waals surface area contributed by atoms with Crippen LogP contribution in [0, 0.1) is 0 Å². The molecule has 4 aromatic rings. The zero-order valence-electron chi connectivity index (χ0n) is 13.3. The average molecular weight is 348 g/mol. The first-order valence-electron chi connectivity index (χ1n) is 7.93. The van der Waals surface area contributed by atoms with Crippen molar-refractivity contribution >= 4 is 43.9 Å². The lowest BCUT2D eigenvalue weighted by Crippen LogP contribution is -2.27. The fourth-order valence-electron chi connectivity index (χ4n) is 2.83. The highest BCUT2D eigenvalue weighted by molar-refractivity contribution is 7.19. The van der Waals surface area contributed by atoms with Crippen molar-refractivity contribution in [2.45, 2.75) is 6.54 Å². The van der Waals surface area contributed by atoms with Crippen molar-refractivity contribution in [1.29, 1.82) is 0 Å². The molecular weight excluding hydrogens is 332 g/mol. The number of anilines is 1. The van der Waals surface area contributed by atoms with E-state index in [0.29, 0.717) is 12.2 Å². The lowest BCUT2D eigenvalue weighted by atomic mass is 10.1. The first-order chi connectivity index (χ1) is 12.2. The highest BCUT2D eigenvalue weighted by Gasteiger charge is 2.07. The number of phenols is 1. The molecule has 1 heterocycles. The molecule has 2 amide bonds. The first kappa shape index (κ1) is 15.5. The summed E-state index contributed by atoms with van der Waals surface area (Å²) in [6.07, 6.45) is 0. The second-order valence-corrected chi connectivity index (χ2v) is 6.94. The number of hydrogen-bond acceptors (Lipinski definition) is 3. The first-order valence-corrected chi connectivity index (χ1v) is 8.75. The van der Waals surface area contributed by atoms with E-state index in [1.54, 1.807) is 23.5 Å². The second-order valence-electron chi connectivity index (χ2n) is 5.77. The molecule has 0 radical (unpaired) electrons. The Morgan fingerprint density at radius 2 is 1.80 bits per heavy atom. The number of amides is 2. The maximum atomic E-state index is 12.2. The smallest absolute Gasteiger partial charge is 0.319 e. The van der Waals surface area contributed by atoms with Crippen LogP contribution < -0.4 is 10.6 Å². The zero-order valence-corrected chi connectivity index (χ0v) is 14.1. The second kappa shape index (κ2) is 6.45. The molecule has 5 heteroatoms. The summed E-state index contributed by atoms with van der Waals surface area (Å²) in [5, 5.41) is 18.4. The molecule has 124 valence electrons. The van der Waals surface area contributed by atoms with Crippen LogP contribution in [0.4, 0.5) is 10.5 Å². The molecule has 0 aliphatic rings. The molecule has 1 aromatic heterocycles. The molecule has 0 spiro atoms. The van der Waals surface area contributed by atoms with E-state index < -0.39 is 0 Å². The molecule has 3 aromatic carbocycles. The van der Waals surface area contributed by atoms with Crippen molar-refractivity contribution in [2.24, 2.45) is 0 Å². The third-order valence-corrected chi connectivity index (χ3v) is 5.13. The highest BCUT2D eigenvalue weighted by atomic mass is 32.1. The molecular formula is C20H16N2O2S. The van der Waals surface area contributed by atoms with Gasteiger partial charge in [0.2, 0.25) is 0 Å². The van der Waals surface area contributed by atoms with Crippen LogP contribution in [0.1, 0.15) is 4.88 Å². The Hall–Kier alpha value is -3.05. The number of fused-ring (bicyclic) bond motifs is 2. The summed E-state index contributed by atoms with van der Waals surface area (Å²) in [5.74, 6) is 0.174. The summed E-state index contributed by atoms with van der Waals surface area (Å²) in [5.41, 5.74) is 0.669. The predicted molar refractivity (Wildman–Crippen MR) is 103 cm³/mol. The lowest BCUT2D eigenvalue weighted by Gasteiger charge is -2.10. The van der Waals surface area contributed by atoms with Crippen LogP contribution in [-0.4, -0.2) is 11.1 Å². The van der Waals surface area contributed by atoms with E-state index in [1.807, 2.05) is 36.4 Å². The normalized spacial score (nSPS) is 10.9.